The predicted octanol–water partition coefficient (Wildman–Crippen LogP) is 1.29. The Morgan fingerprint density at radius 1 is 1.18 bits per heavy atom. The van der Waals surface area contributed by atoms with E-state index < -0.39 is 48.2 Å². The number of nitrogens with zero attached hydrogens (tertiary/aromatic N) is 3. The number of hydrogen-bond acceptors (Lipinski definition) is 6. The molecular formula is C20H23F3N4O5S. The Kier molecular flexibility index (Phi) is 6.12. The number of hydrogen-bond donors (Lipinski definition) is 1. The second-order valence-electron chi connectivity index (χ2n) is 8.27. The maximum absolute atomic E-state index is 13.3. The third-order valence-electron chi connectivity index (χ3n) is 6.21. The number of piperazine rings is 1. The SMILES string of the molecule is COC1CC(n2c(=O)c3c(C)c(CN4CCNC(=O)C4=O)sc3n(CCC(F)(F)F)c2=O)C1. The smallest absolute Gasteiger partial charge is 0.381 e. The van der Waals surface area contributed by atoms with Gasteiger partial charge in [0.1, 0.15) is 4.83 Å². The van der Waals surface area contributed by atoms with E-state index in [1.165, 1.54) is 12.0 Å². The summed E-state index contributed by atoms with van der Waals surface area (Å²) in [5.74, 6) is -1.45. The first-order valence-electron chi connectivity index (χ1n) is 10.5. The summed E-state index contributed by atoms with van der Waals surface area (Å²) >= 11 is 1.01. The molecule has 13 heteroatoms. The van der Waals surface area contributed by atoms with Crippen LogP contribution in [0.4, 0.5) is 13.2 Å². The lowest BCUT2D eigenvalue weighted by molar-refractivity contribution is -0.148. The van der Waals surface area contributed by atoms with Crippen molar-refractivity contribution in [3.8, 4) is 0 Å². The Hall–Kier alpha value is -2.67. The molecule has 1 aliphatic heterocycles. The molecule has 0 bridgehead atoms. The van der Waals surface area contributed by atoms with Gasteiger partial charge >= 0.3 is 23.7 Å². The zero-order valence-corrected chi connectivity index (χ0v) is 18.8. The van der Waals surface area contributed by atoms with Gasteiger partial charge in [-0.2, -0.15) is 13.2 Å². The van der Waals surface area contributed by atoms with Gasteiger partial charge in [0.2, 0.25) is 0 Å². The van der Waals surface area contributed by atoms with Gasteiger partial charge in [-0.15, -0.1) is 11.3 Å². The van der Waals surface area contributed by atoms with Crippen molar-refractivity contribution < 1.29 is 27.5 Å². The van der Waals surface area contributed by atoms with Gasteiger partial charge in [-0.25, -0.2) is 4.79 Å². The molecule has 2 fully saturated rings. The number of aryl methyl sites for hydroxylation is 2. The molecule has 9 nitrogen and oxygen atoms in total. The van der Waals surface area contributed by atoms with Crippen LogP contribution in [0.5, 0.6) is 0 Å². The summed E-state index contributed by atoms with van der Waals surface area (Å²) in [4.78, 5) is 52.3. The van der Waals surface area contributed by atoms with E-state index in [2.05, 4.69) is 5.32 Å². The molecule has 180 valence electrons. The number of ether oxygens (including phenoxy) is 1. The zero-order valence-electron chi connectivity index (χ0n) is 18.0. The first-order valence-corrected chi connectivity index (χ1v) is 11.3. The Balaban J connectivity index is 1.82. The molecule has 1 saturated carbocycles. The van der Waals surface area contributed by atoms with Crippen LogP contribution in [0.25, 0.3) is 10.2 Å². The summed E-state index contributed by atoms with van der Waals surface area (Å²) in [5.41, 5.74) is -0.839. The van der Waals surface area contributed by atoms with E-state index in [0.717, 1.165) is 20.5 Å². The number of rotatable bonds is 6. The summed E-state index contributed by atoms with van der Waals surface area (Å²) in [5, 5.41) is 2.62. The molecule has 33 heavy (non-hydrogen) atoms. The molecule has 1 N–H and O–H groups in total. The number of thiophene rings is 1. The maximum atomic E-state index is 13.3. The quantitative estimate of drug-likeness (QED) is 0.618. The van der Waals surface area contributed by atoms with Crippen molar-refractivity contribution in [1.29, 1.82) is 0 Å². The first-order chi connectivity index (χ1) is 15.5. The van der Waals surface area contributed by atoms with E-state index in [-0.39, 0.29) is 36.0 Å². The van der Waals surface area contributed by atoms with Crippen LogP contribution in [-0.2, 0) is 27.4 Å². The fourth-order valence-corrected chi connectivity index (χ4v) is 5.54. The molecule has 2 aliphatic rings. The first kappa shape index (κ1) is 23.5. The number of nitrogens with one attached hydrogen (secondary N) is 1. The van der Waals surface area contributed by atoms with Crippen LogP contribution in [0.2, 0.25) is 0 Å². The van der Waals surface area contributed by atoms with Crippen LogP contribution in [0, 0.1) is 6.92 Å². The molecule has 0 unspecified atom stereocenters. The summed E-state index contributed by atoms with van der Waals surface area (Å²) in [6.45, 7) is 1.60. The molecule has 2 amide bonds. The van der Waals surface area contributed by atoms with Crippen molar-refractivity contribution in [2.45, 2.75) is 57.6 Å². The lowest BCUT2D eigenvalue weighted by Crippen LogP contribution is -2.51. The number of aromatic nitrogens is 2. The van der Waals surface area contributed by atoms with Crippen molar-refractivity contribution in [2.24, 2.45) is 0 Å². The van der Waals surface area contributed by atoms with Crippen LogP contribution in [-0.4, -0.2) is 58.3 Å². The Morgan fingerprint density at radius 2 is 1.88 bits per heavy atom. The maximum Gasteiger partial charge on any atom is 0.390 e. The largest absolute Gasteiger partial charge is 0.390 e. The van der Waals surface area contributed by atoms with Crippen molar-refractivity contribution in [3.05, 3.63) is 31.3 Å². The van der Waals surface area contributed by atoms with Crippen LogP contribution >= 0.6 is 11.3 Å². The minimum atomic E-state index is -4.48. The highest BCUT2D eigenvalue weighted by atomic mass is 32.1. The van der Waals surface area contributed by atoms with E-state index in [9.17, 15) is 32.3 Å². The lowest BCUT2D eigenvalue weighted by atomic mass is 9.89. The van der Waals surface area contributed by atoms with Gasteiger partial charge in [0.05, 0.1) is 24.5 Å². The van der Waals surface area contributed by atoms with Gasteiger partial charge < -0.3 is 15.0 Å². The summed E-state index contributed by atoms with van der Waals surface area (Å²) in [7, 11) is 1.52. The molecule has 0 radical (unpaired) electrons. The second-order valence-corrected chi connectivity index (χ2v) is 9.35. The number of alkyl halides is 3. The zero-order chi connectivity index (χ0) is 24.1. The minimum Gasteiger partial charge on any atom is -0.381 e. The number of halogens is 3. The van der Waals surface area contributed by atoms with Crippen molar-refractivity contribution in [1.82, 2.24) is 19.4 Å². The minimum absolute atomic E-state index is 0.0273. The highest BCUT2D eigenvalue weighted by Crippen LogP contribution is 2.34. The molecule has 1 saturated heterocycles. The van der Waals surface area contributed by atoms with Crippen molar-refractivity contribution in [3.63, 3.8) is 0 Å². The third-order valence-corrected chi connectivity index (χ3v) is 7.51. The Labute approximate surface area is 189 Å². The molecular weight excluding hydrogens is 465 g/mol. The average molecular weight is 488 g/mol. The summed E-state index contributed by atoms with van der Waals surface area (Å²) < 4.78 is 46.2. The van der Waals surface area contributed by atoms with Gasteiger partial charge in [0, 0.05) is 37.7 Å². The molecule has 4 rings (SSSR count). The monoisotopic (exact) mass is 488 g/mol. The van der Waals surface area contributed by atoms with E-state index >= 15 is 0 Å². The van der Waals surface area contributed by atoms with Crippen LogP contribution in [0.1, 0.15) is 35.7 Å². The van der Waals surface area contributed by atoms with Crippen LogP contribution < -0.4 is 16.6 Å². The van der Waals surface area contributed by atoms with Gasteiger partial charge in [0.15, 0.2) is 0 Å². The fourth-order valence-electron chi connectivity index (χ4n) is 4.21. The van der Waals surface area contributed by atoms with E-state index in [0.29, 0.717) is 23.3 Å². The van der Waals surface area contributed by atoms with E-state index in [1.807, 2.05) is 0 Å². The van der Waals surface area contributed by atoms with Gasteiger partial charge in [-0.1, -0.05) is 0 Å². The molecule has 3 heterocycles. The lowest BCUT2D eigenvalue weighted by Gasteiger charge is -2.35. The number of carbonyl (C=O) groups is 2. The molecule has 0 spiro atoms. The normalized spacial score (nSPS) is 21.4. The van der Waals surface area contributed by atoms with Gasteiger partial charge in [0.25, 0.3) is 5.56 Å². The number of fused-ring (bicyclic) bond motifs is 1. The van der Waals surface area contributed by atoms with Crippen LogP contribution in [0.15, 0.2) is 9.59 Å². The molecule has 2 aromatic rings. The number of carbonyl (C=O) groups excluding carboxylic acids is 2. The third kappa shape index (κ3) is 4.31. The predicted molar refractivity (Wildman–Crippen MR) is 113 cm³/mol. The molecule has 0 atom stereocenters. The van der Waals surface area contributed by atoms with Crippen LogP contribution in [0.3, 0.4) is 0 Å². The Bertz CT molecular complexity index is 1230. The standard InChI is InChI=1S/C20H23F3N4O5S/c1-10-13(9-25-6-4-24-15(28)17(25)30)33-18-14(10)16(29)27(11-7-12(8-11)32-2)19(31)26(18)5-3-20(21,22)23/h11-12H,3-9H2,1-2H3,(H,24,28). The highest BCUT2D eigenvalue weighted by Gasteiger charge is 2.35. The van der Waals surface area contributed by atoms with Gasteiger partial charge in [-0.3, -0.25) is 23.5 Å². The van der Waals surface area contributed by atoms with E-state index in [4.69, 9.17) is 4.74 Å². The summed E-state index contributed by atoms with van der Waals surface area (Å²) in [6, 6.07) is -0.452. The Morgan fingerprint density at radius 3 is 2.52 bits per heavy atom. The molecule has 1 aliphatic carbocycles. The van der Waals surface area contributed by atoms with Crippen molar-refractivity contribution >= 4 is 33.4 Å². The van der Waals surface area contributed by atoms with Gasteiger partial charge in [-0.05, 0) is 25.3 Å². The summed E-state index contributed by atoms with van der Waals surface area (Å²) in [6.07, 6.45) is -4.97. The molecule has 2 aromatic heterocycles. The van der Waals surface area contributed by atoms with E-state index in [1.54, 1.807) is 6.92 Å². The highest BCUT2D eigenvalue weighted by molar-refractivity contribution is 7.18. The number of methoxy groups -OCH3 is 1. The number of amides is 2. The second kappa shape index (κ2) is 8.60. The van der Waals surface area contributed by atoms with Crippen molar-refractivity contribution in [2.75, 3.05) is 20.2 Å². The average Bonchev–Trinajstić information content (AvgIpc) is 3.02. The topological polar surface area (TPSA) is 103 Å². The molecule has 0 aromatic carbocycles. The fraction of sp³-hybridized carbons (Fsp3) is 0.600.